The smallest absolute Gasteiger partial charge is 0.195 e. The van der Waals surface area contributed by atoms with Crippen LogP contribution >= 0.6 is 0 Å². The van der Waals surface area contributed by atoms with Crippen LogP contribution < -0.4 is 0 Å². The van der Waals surface area contributed by atoms with Crippen molar-refractivity contribution in [3.63, 3.8) is 0 Å². The topological polar surface area (TPSA) is 0 Å². The molecule has 1 aliphatic rings. The lowest BCUT2D eigenvalue weighted by Crippen LogP contribution is -2.12. The predicted molar refractivity (Wildman–Crippen MR) is 134 cm³/mol. The standard InChI is InChI=1S/C31H33F3/c1-2-3-4-5-6-7-22-8-10-23(11-9-22)12-13-24-14-16-25(17-15-24)26-18-19-28-27(20-26)21-29(32)31(34)30(28)33/h8-11,18-21,24-25H,2-7,14-17H2,1H3. The highest BCUT2D eigenvalue weighted by Crippen LogP contribution is 2.37. The van der Waals surface area contributed by atoms with Gasteiger partial charge in [-0.3, -0.25) is 0 Å². The lowest BCUT2D eigenvalue weighted by atomic mass is 9.78. The number of fused-ring (bicyclic) bond motifs is 1. The van der Waals surface area contributed by atoms with Crippen LogP contribution in [0.15, 0.2) is 48.5 Å². The first-order chi connectivity index (χ1) is 16.5. The van der Waals surface area contributed by atoms with Gasteiger partial charge in [0, 0.05) is 16.9 Å². The van der Waals surface area contributed by atoms with Crippen LogP contribution in [0.2, 0.25) is 0 Å². The molecule has 178 valence electrons. The van der Waals surface area contributed by atoms with E-state index in [1.165, 1.54) is 37.7 Å². The zero-order valence-corrected chi connectivity index (χ0v) is 20.0. The molecule has 4 rings (SSSR count). The molecule has 34 heavy (non-hydrogen) atoms. The second-order valence-electron chi connectivity index (χ2n) is 9.65. The molecule has 0 bridgehead atoms. The fourth-order valence-electron chi connectivity index (χ4n) is 5.02. The maximum absolute atomic E-state index is 14.0. The normalized spacial score (nSPS) is 18.0. The number of rotatable bonds is 7. The zero-order valence-electron chi connectivity index (χ0n) is 20.0. The fraction of sp³-hybridized carbons (Fsp3) is 0.419. The molecular formula is C31H33F3. The van der Waals surface area contributed by atoms with E-state index in [-0.39, 0.29) is 5.39 Å². The minimum atomic E-state index is -1.41. The van der Waals surface area contributed by atoms with E-state index in [1.807, 2.05) is 12.1 Å². The average Bonchev–Trinajstić information content (AvgIpc) is 2.87. The Kier molecular flexibility index (Phi) is 8.33. The Hall–Kier alpha value is -2.73. The summed E-state index contributed by atoms with van der Waals surface area (Å²) in [6.45, 7) is 2.24. The molecule has 0 atom stereocenters. The third-order valence-corrected chi connectivity index (χ3v) is 7.14. The quantitative estimate of drug-likeness (QED) is 0.187. The number of aryl methyl sites for hydroxylation is 1. The number of hydrogen-bond donors (Lipinski definition) is 0. The lowest BCUT2D eigenvalue weighted by molar-refractivity contribution is 0.385. The molecule has 0 spiro atoms. The summed E-state index contributed by atoms with van der Waals surface area (Å²) < 4.78 is 41.1. The van der Waals surface area contributed by atoms with Crippen LogP contribution in [-0.2, 0) is 6.42 Å². The van der Waals surface area contributed by atoms with Crippen molar-refractivity contribution in [2.75, 3.05) is 0 Å². The largest absolute Gasteiger partial charge is 0.204 e. The van der Waals surface area contributed by atoms with Gasteiger partial charge < -0.3 is 0 Å². The Bertz CT molecular complexity index is 1160. The summed E-state index contributed by atoms with van der Waals surface area (Å²) >= 11 is 0. The first-order valence-electron chi connectivity index (χ1n) is 12.7. The summed E-state index contributed by atoms with van der Waals surface area (Å²) in [6, 6.07) is 15.0. The van der Waals surface area contributed by atoms with Gasteiger partial charge in [0.15, 0.2) is 17.5 Å². The first-order valence-corrected chi connectivity index (χ1v) is 12.7. The Balaban J connectivity index is 1.30. The number of halogens is 3. The number of benzene rings is 3. The molecule has 1 saturated carbocycles. The molecule has 0 N–H and O–H groups in total. The molecule has 0 amide bonds. The van der Waals surface area contributed by atoms with Crippen molar-refractivity contribution < 1.29 is 13.2 Å². The summed E-state index contributed by atoms with van der Waals surface area (Å²) in [4.78, 5) is 0. The van der Waals surface area contributed by atoms with Gasteiger partial charge in [0.1, 0.15) is 0 Å². The summed E-state index contributed by atoms with van der Waals surface area (Å²) in [5, 5.41) is 0.546. The van der Waals surface area contributed by atoms with E-state index >= 15 is 0 Å². The Morgan fingerprint density at radius 1 is 0.794 bits per heavy atom. The fourth-order valence-corrected chi connectivity index (χ4v) is 5.02. The Morgan fingerprint density at radius 3 is 2.26 bits per heavy atom. The SMILES string of the molecule is CCCCCCCc1ccc(C#CC2CCC(c3ccc4c(F)c(F)c(F)cc4c3)CC2)cc1. The monoisotopic (exact) mass is 462 g/mol. The minimum absolute atomic E-state index is 0.129. The molecule has 3 aromatic rings. The van der Waals surface area contributed by atoms with E-state index < -0.39 is 17.5 Å². The molecule has 0 aromatic heterocycles. The third kappa shape index (κ3) is 6.03. The van der Waals surface area contributed by atoms with Gasteiger partial charge in [0.2, 0.25) is 0 Å². The molecule has 1 fully saturated rings. The van der Waals surface area contributed by atoms with Gasteiger partial charge in [-0.25, -0.2) is 13.2 Å². The molecule has 0 aliphatic heterocycles. The summed E-state index contributed by atoms with van der Waals surface area (Å²) in [5.74, 6) is 3.87. The lowest BCUT2D eigenvalue weighted by Gasteiger charge is -2.26. The van der Waals surface area contributed by atoms with Crippen molar-refractivity contribution in [2.24, 2.45) is 5.92 Å². The van der Waals surface area contributed by atoms with E-state index in [9.17, 15) is 13.2 Å². The number of unbranched alkanes of at least 4 members (excludes halogenated alkanes) is 4. The summed E-state index contributed by atoms with van der Waals surface area (Å²) in [6.07, 6.45) is 11.7. The van der Waals surface area contributed by atoms with Gasteiger partial charge in [0.25, 0.3) is 0 Å². The van der Waals surface area contributed by atoms with Crippen molar-refractivity contribution in [3.05, 3.63) is 82.7 Å². The van der Waals surface area contributed by atoms with Gasteiger partial charge >= 0.3 is 0 Å². The van der Waals surface area contributed by atoms with E-state index in [1.54, 1.807) is 6.07 Å². The van der Waals surface area contributed by atoms with E-state index in [2.05, 4.69) is 43.0 Å². The first kappa shape index (κ1) is 24.4. The second kappa shape index (κ2) is 11.6. The zero-order chi connectivity index (χ0) is 23.9. The predicted octanol–water partition coefficient (Wildman–Crippen LogP) is 9.10. The van der Waals surface area contributed by atoms with Crippen molar-refractivity contribution in [2.45, 2.75) is 77.0 Å². The van der Waals surface area contributed by atoms with Crippen LogP contribution in [0.1, 0.15) is 87.3 Å². The Morgan fingerprint density at radius 2 is 1.53 bits per heavy atom. The summed E-state index contributed by atoms with van der Waals surface area (Å²) in [7, 11) is 0. The summed E-state index contributed by atoms with van der Waals surface area (Å²) in [5.41, 5.74) is 3.53. The van der Waals surface area contributed by atoms with Crippen LogP contribution in [0.25, 0.3) is 10.8 Å². The Labute approximate surface area is 201 Å². The molecule has 0 nitrogen and oxygen atoms in total. The average molecular weight is 463 g/mol. The van der Waals surface area contributed by atoms with Crippen LogP contribution in [0.3, 0.4) is 0 Å². The van der Waals surface area contributed by atoms with Crippen LogP contribution in [0, 0.1) is 35.2 Å². The van der Waals surface area contributed by atoms with Crippen molar-refractivity contribution in [1.82, 2.24) is 0 Å². The van der Waals surface area contributed by atoms with Crippen molar-refractivity contribution in [1.29, 1.82) is 0 Å². The third-order valence-electron chi connectivity index (χ3n) is 7.14. The van der Waals surface area contributed by atoms with Gasteiger partial charge in [0.05, 0.1) is 0 Å². The molecule has 1 aliphatic carbocycles. The molecule has 0 saturated heterocycles. The van der Waals surface area contributed by atoms with Crippen LogP contribution in [0.4, 0.5) is 13.2 Å². The van der Waals surface area contributed by atoms with Gasteiger partial charge in [-0.2, -0.15) is 0 Å². The van der Waals surface area contributed by atoms with Gasteiger partial charge in [-0.1, -0.05) is 74.8 Å². The molecule has 0 radical (unpaired) electrons. The minimum Gasteiger partial charge on any atom is -0.204 e. The molecule has 0 unspecified atom stereocenters. The van der Waals surface area contributed by atoms with Crippen molar-refractivity contribution in [3.8, 4) is 11.8 Å². The highest BCUT2D eigenvalue weighted by Gasteiger charge is 2.22. The molecule has 3 heteroatoms. The van der Waals surface area contributed by atoms with Crippen LogP contribution in [0.5, 0.6) is 0 Å². The van der Waals surface area contributed by atoms with E-state index in [0.29, 0.717) is 17.2 Å². The van der Waals surface area contributed by atoms with E-state index in [0.717, 1.165) is 49.3 Å². The molecular weight excluding hydrogens is 429 g/mol. The van der Waals surface area contributed by atoms with Crippen molar-refractivity contribution >= 4 is 10.8 Å². The van der Waals surface area contributed by atoms with E-state index in [4.69, 9.17) is 0 Å². The molecule has 3 aromatic carbocycles. The highest BCUT2D eigenvalue weighted by molar-refractivity contribution is 5.84. The maximum Gasteiger partial charge on any atom is 0.195 e. The van der Waals surface area contributed by atoms with Gasteiger partial charge in [-0.15, -0.1) is 0 Å². The van der Waals surface area contributed by atoms with Crippen LogP contribution in [-0.4, -0.2) is 0 Å². The maximum atomic E-state index is 14.0. The van der Waals surface area contributed by atoms with Gasteiger partial charge in [-0.05, 0) is 79.2 Å². The highest BCUT2D eigenvalue weighted by atomic mass is 19.2. The second-order valence-corrected chi connectivity index (χ2v) is 9.65. The number of hydrogen-bond acceptors (Lipinski definition) is 0. The molecule has 0 heterocycles.